The molecule has 74 valence electrons. The standard InChI is InChI=1S/C6H12O.2CH3.2ClH.Ti/c7-6-4-2-1-3-5-6;;;;;/h6-7H,1-5H2;2*1H3;2*1H;/q;2*-1;;;+4/p-2. The van der Waals surface area contributed by atoms with Crippen molar-refractivity contribution in [3.8, 4) is 0 Å². The molecule has 0 aromatic heterocycles. The molecular weight excluding hydrogens is 231 g/mol. The van der Waals surface area contributed by atoms with Gasteiger partial charge in [0.1, 0.15) is 0 Å². The van der Waals surface area contributed by atoms with E-state index in [4.69, 9.17) is 5.11 Å². The Kier molecular flexibility index (Phi) is 44.1. The van der Waals surface area contributed by atoms with Crippen LogP contribution < -0.4 is 24.8 Å². The zero-order valence-electron chi connectivity index (χ0n) is 7.82. The Morgan fingerprint density at radius 2 is 1.17 bits per heavy atom. The Labute approximate surface area is 104 Å². The molecule has 0 unspecified atom stereocenters. The molecule has 0 amide bonds. The quantitative estimate of drug-likeness (QED) is 0.345. The van der Waals surface area contributed by atoms with Crippen LogP contribution in [0.25, 0.3) is 0 Å². The second-order valence-electron chi connectivity index (χ2n) is 2.29. The number of aliphatic hydroxyl groups is 1. The van der Waals surface area contributed by atoms with Crippen LogP contribution in [-0.4, -0.2) is 11.2 Å². The van der Waals surface area contributed by atoms with E-state index in [-0.39, 0.29) is 67.5 Å². The molecule has 1 saturated carbocycles. The van der Waals surface area contributed by atoms with Crippen LogP contribution in [0.4, 0.5) is 0 Å². The molecule has 0 radical (unpaired) electrons. The van der Waals surface area contributed by atoms with Crippen LogP contribution >= 0.6 is 0 Å². The molecule has 1 nitrogen and oxygen atoms in total. The van der Waals surface area contributed by atoms with E-state index in [2.05, 4.69) is 0 Å². The summed E-state index contributed by atoms with van der Waals surface area (Å²) in [6.45, 7) is 0. The largest absolute Gasteiger partial charge is 4.00 e. The molecule has 0 spiro atoms. The number of halogens is 2. The Hall–Kier alpha value is 1.25. The van der Waals surface area contributed by atoms with E-state index in [0.29, 0.717) is 0 Å². The van der Waals surface area contributed by atoms with Crippen molar-refractivity contribution in [1.82, 2.24) is 0 Å². The van der Waals surface area contributed by atoms with Crippen molar-refractivity contribution in [2.75, 3.05) is 0 Å². The van der Waals surface area contributed by atoms with Gasteiger partial charge in [0.25, 0.3) is 0 Å². The van der Waals surface area contributed by atoms with Crippen molar-refractivity contribution in [3.63, 3.8) is 0 Å². The van der Waals surface area contributed by atoms with E-state index < -0.39 is 0 Å². The fraction of sp³-hybridized carbons (Fsp3) is 0.750. The Balaban J connectivity index is -0.0000000327. The average molecular weight is 249 g/mol. The predicted octanol–water partition coefficient (Wildman–Crippen LogP) is -3.78. The van der Waals surface area contributed by atoms with Gasteiger partial charge >= 0.3 is 21.7 Å². The van der Waals surface area contributed by atoms with Gasteiger partial charge in [-0.2, -0.15) is 0 Å². The van der Waals surface area contributed by atoms with Crippen molar-refractivity contribution in [2.24, 2.45) is 0 Å². The summed E-state index contributed by atoms with van der Waals surface area (Å²) >= 11 is 0. The van der Waals surface area contributed by atoms with Crippen LogP contribution in [0.5, 0.6) is 0 Å². The first-order chi connectivity index (χ1) is 3.39. The minimum Gasteiger partial charge on any atom is -1.00 e. The van der Waals surface area contributed by atoms with Gasteiger partial charge in [0.05, 0.1) is 6.10 Å². The van der Waals surface area contributed by atoms with Crippen LogP contribution in [0.2, 0.25) is 0 Å². The smallest absolute Gasteiger partial charge is 1.00 e. The van der Waals surface area contributed by atoms with E-state index in [1.165, 1.54) is 19.3 Å². The summed E-state index contributed by atoms with van der Waals surface area (Å²) in [6, 6.07) is 0. The number of hydrogen-bond donors (Lipinski definition) is 1. The molecule has 1 aliphatic rings. The molecule has 1 fully saturated rings. The molecule has 0 bridgehead atoms. The van der Waals surface area contributed by atoms with Crippen molar-refractivity contribution in [2.45, 2.75) is 38.2 Å². The summed E-state index contributed by atoms with van der Waals surface area (Å²) in [5.41, 5.74) is 0. The molecule has 0 heterocycles. The van der Waals surface area contributed by atoms with Crippen LogP contribution in [0.15, 0.2) is 0 Å². The maximum absolute atomic E-state index is 8.91. The number of rotatable bonds is 0. The molecule has 0 aromatic rings. The molecule has 12 heavy (non-hydrogen) atoms. The summed E-state index contributed by atoms with van der Waals surface area (Å²) < 4.78 is 0. The van der Waals surface area contributed by atoms with E-state index in [1.807, 2.05) is 0 Å². The maximum atomic E-state index is 8.91. The molecule has 0 aliphatic heterocycles. The van der Waals surface area contributed by atoms with Gasteiger partial charge in [-0.1, -0.05) is 19.3 Å². The normalized spacial score (nSPS) is 14.8. The van der Waals surface area contributed by atoms with Gasteiger partial charge in [0, 0.05) is 0 Å². The van der Waals surface area contributed by atoms with Gasteiger partial charge in [-0.25, -0.2) is 0 Å². The number of aliphatic hydroxyl groups excluding tert-OH is 1. The zero-order chi connectivity index (χ0) is 5.11. The third-order valence-corrected chi connectivity index (χ3v) is 1.57. The molecule has 1 rings (SSSR count). The fourth-order valence-corrected chi connectivity index (χ4v) is 1.08. The van der Waals surface area contributed by atoms with Crippen molar-refractivity contribution in [3.05, 3.63) is 14.9 Å². The fourth-order valence-electron chi connectivity index (χ4n) is 1.08. The van der Waals surface area contributed by atoms with Crippen LogP contribution in [0.1, 0.15) is 32.1 Å². The number of hydrogen-bond acceptors (Lipinski definition) is 1. The minimum absolute atomic E-state index is 0. The summed E-state index contributed by atoms with van der Waals surface area (Å²) in [5, 5.41) is 8.91. The van der Waals surface area contributed by atoms with Gasteiger partial charge in [0.15, 0.2) is 0 Å². The maximum Gasteiger partial charge on any atom is 4.00 e. The van der Waals surface area contributed by atoms with Crippen molar-refractivity contribution in [1.29, 1.82) is 0 Å². The molecule has 1 N–H and O–H groups in total. The summed E-state index contributed by atoms with van der Waals surface area (Å²) in [6.07, 6.45) is 5.92. The molecule has 0 atom stereocenters. The third kappa shape index (κ3) is 13.8. The monoisotopic (exact) mass is 248 g/mol. The SMILES string of the molecule is OC1CCCCC1.[CH3-].[CH3-].[Cl-].[Cl-].[Ti+4]. The molecule has 0 saturated heterocycles. The summed E-state index contributed by atoms with van der Waals surface area (Å²) in [7, 11) is 0. The molecule has 1 aliphatic carbocycles. The first kappa shape index (κ1) is 29.2. The van der Waals surface area contributed by atoms with Crippen LogP contribution in [-0.2, 0) is 21.7 Å². The third-order valence-electron chi connectivity index (χ3n) is 1.57. The molecule has 4 heteroatoms. The Morgan fingerprint density at radius 1 is 0.833 bits per heavy atom. The minimum atomic E-state index is 0. The van der Waals surface area contributed by atoms with Gasteiger partial charge < -0.3 is 44.8 Å². The Morgan fingerprint density at radius 3 is 1.33 bits per heavy atom. The second kappa shape index (κ2) is 18.1. The van der Waals surface area contributed by atoms with Gasteiger partial charge in [-0.05, 0) is 12.8 Å². The van der Waals surface area contributed by atoms with Gasteiger partial charge in [-0.3, -0.25) is 0 Å². The summed E-state index contributed by atoms with van der Waals surface area (Å²) in [4.78, 5) is 0. The Bertz CT molecular complexity index is 59.0. The molecule has 0 aromatic carbocycles. The van der Waals surface area contributed by atoms with Crippen molar-refractivity contribution >= 4 is 0 Å². The summed E-state index contributed by atoms with van der Waals surface area (Å²) in [5.74, 6) is 0. The van der Waals surface area contributed by atoms with Gasteiger partial charge in [-0.15, -0.1) is 0 Å². The van der Waals surface area contributed by atoms with E-state index in [9.17, 15) is 0 Å². The van der Waals surface area contributed by atoms with E-state index in [0.717, 1.165) is 12.8 Å². The van der Waals surface area contributed by atoms with Crippen molar-refractivity contribution < 1.29 is 51.6 Å². The van der Waals surface area contributed by atoms with Crippen LogP contribution in [0.3, 0.4) is 0 Å². The van der Waals surface area contributed by atoms with E-state index in [1.54, 1.807) is 0 Å². The van der Waals surface area contributed by atoms with E-state index >= 15 is 0 Å². The predicted molar refractivity (Wildman–Crippen MR) is 41.9 cm³/mol. The molecular formula is C8H18Cl2OTi. The average Bonchev–Trinajstić information content (AvgIpc) is 1.69. The first-order valence-corrected chi connectivity index (χ1v) is 3.07. The zero-order valence-corrected chi connectivity index (χ0v) is 10.9. The second-order valence-corrected chi connectivity index (χ2v) is 2.29. The van der Waals surface area contributed by atoms with Gasteiger partial charge in [0.2, 0.25) is 0 Å². The first-order valence-electron chi connectivity index (χ1n) is 3.07. The topological polar surface area (TPSA) is 20.2 Å². The van der Waals surface area contributed by atoms with Crippen LogP contribution in [0, 0.1) is 14.9 Å².